The topological polar surface area (TPSA) is 65.3 Å². The number of aromatic nitrogens is 2. The minimum Gasteiger partial charge on any atom is -0.369 e. The summed E-state index contributed by atoms with van der Waals surface area (Å²) < 4.78 is 2.29. The van der Waals surface area contributed by atoms with Crippen molar-refractivity contribution >= 4 is 34.1 Å². The maximum Gasteiger partial charge on any atom is 0.220 e. The van der Waals surface area contributed by atoms with E-state index in [9.17, 15) is 4.79 Å². The first-order chi connectivity index (χ1) is 13.9. The van der Waals surface area contributed by atoms with Crippen LogP contribution in [0.1, 0.15) is 42.9 Å². The predicted octanol–water partition coefficient (Wildman–Crippen LogP) is 5.74. The van der Waals surface area contributed by atoms with E-state index in [2.05, 4.69) is 26.7 Å². The number of hydrogen-bond acceptors (Lipinski definition) is 2. The van der Waals surface area contributed by atoms with Crippen molar-refractivity contribution in [1.29, 1.82) is 0 Å². The molecule has 3 aromatic rings. The molecule has 4 rings (SSSR count). The van der Waals surface area contributed by atoms with Gasteiger partial charge in [-0.1, -0.05) is 11.6 Å². The van der Waals surface area contributed by atoms with E-state index in [4.69, 9.17) is 23.9 Å². The summed E-state index contributed by atoms with van der Waals surface area (Å²) in [6.07, 6.45) is 9.10. The van der Waals surface area contributed by atoms with Crippen molar-refractivity contribution in [3.63, 3.8) is 0 Å². The summed E-state index contributed by atoms with van der Waals surface area (Å²) in [6, 6.07) is 4.33. The van der Waals surface area contributed by atoms with Crippen LogP contribution < -0.4 is 5.73 Å². The van der Waals surface area contributed by atoms with Gasteiger partial charge in [-0.05, 0) is 68.2 Å². The number of hydrogen-bond donors (Lipinski definition) is 1. The maximum atomic E-state index is 11.5. The second kappa shape index (κ2) is 7.53. The number of rotatable bonds is 3. The van der Waals surface area contributed by atoms with Crippen LogP contribution in [0, 0.1) is 26.3 Å². The number of nitrogens with two attached hydrogens (primary N) is 1. The molecule has 1 amide bonds. The van der Waals surface area contributed by atoms with E-state index in [1.54, 1.807) is 12.4 Å². The number of aryl methyl sites for hydroxylation is 2. The van der Waals surface area contributed by atoms with Crippen LogP contribution in [0.25, 0.3) is 26.9 Å². The SMILES string of the molecule is [C-]#[N+]c1cc2c(-c3cncc(C)c3Cl)cn(C3CCC(C(N)=O)CC3)c2cc1C. The third-order valence-corrected chi connectivity index (χ3v) is 6.61. The summed E-state index contributed by atoms with van der Waals surface area (Å²) in [5.74, 6) is -0.227. The largest absolute Gasteiger partial charge is 0.369 e. The number of amides is 1. The van der Waals surface area contributed by atoms with Crippen molar-refractivity contribution in [3.05, 3.63) is 58.3 Å². The van der Waals surface area contributed by atoms with Gasteiger partial charge >= 0.3 is 0 Å². The molecule has 2 heterocycles. The first kappa shape index (κ1) is 19.5. The number of fused-ring (bicyclic) bond motifs is 1. The molecule has 0 unspecified atom stereocenters. The summed E-state index contributed by atoms with van der Waals surface area (Å²) in [4.78, 5) is 19.6. The third-order valence-electron chi connectivity index (χ3n) is 6.11. The molecule has 1 aliphatic rings. The highest BCUT2D eigenvalue weighted by Gasteiger charge is 2.27. The number of carbonyl (C=O) groups excluding carboxylic acids is 1. The van der Waals surface area contributed by atoms with Gasteiger partial charge in [-0.3, -0.25) is 9.78 Å². The highest BCUT2D eigenvalue weighted by molar-refractivity contribution is 6.34. The molecule has 0 spiro atoms. The van der Waals surface area contributed by atoms with Gasteiger partial charge in [0.05, 0.1) is 11.6 Å². The summed E-state index contributed by atoms with van der Waals surface area (Å²) in [6.45, 7) is 11.4. The van der Waals surface area contributed by atoms with Gasteiger partial charge in [0, 0.05) is 47.2 Å². The molecule has 0 atom stereocenters. The van der Waals surface area contributed by atoms with Gasteiger partial charge < -0.3 is 10.3 Å². The molecule has 0 saturated heterocycles. The fraction of sp³-hybridized carbons (Fsp3) is 0.348. The molecule has 1 aromatic carbocycles. The first-order valence-corrected chi connectivity index (χ1v) is 10.2. The molecule has 1 fully saturated rings. The normalized spacial score (nSPS) is 19.2. The highest BCUT2D eigenvalue weighted by Crippen LogP contribution is 2.42. The van der Waals surface area contributed by atoms with Gasteiger partial charge in [0.2, 0.25) is 5.91 Å². The number of pyridine rings is 1. The Labute approximate surface area is 175 Å². The Balaban J connectivity index is 1.88. The average molecular weight is 407 g/mol. The Bertz CT molecular complexity index is 1150. The van der Waals surface area contributed by atoms with Gasteiger partial charge in [-0.15, -0.1) is 0 Å². The summed E-state index contributed by atoms with van der Waals surface area (Å²) in [5.41, 5.74) is 11.0. The van der Waals surface area contributed by atoms with E-state index in [0.29, 0.717) is 10.7 Å². The van der Waals surface area contributed by atoms with Crippen LogP contribution >= 0.6 is 11.6 Å². The van der Waals surface area contributed by atoms with Gasteiger partial charge in [0.1, 0.15) is 0 Å². The lowest BCUT2D eigenvalue weighted by atomic mass is 9.85. The number of nitrogens with zero attached hydrogens (tertiary/aromatic N) is 3. The van der Waals surface area contributed by atoms with E-state index in [0.717, 1.165) is 58.8 Å². The Hall–Kier alpha value is -2.84. The summed E-state index contributed by atoms with van der Waals surface area (Å²) in [7, 11) is 0. The number of benzene rings is 1. The van der Waals surface area contributed by atoms with Crippen molar-refractivity contribution in [2.45, 2.75) is 45.6 Å². The monoisotopic (exact) mass is 406 g/mol. The van der Waals surface area contributed by atoms with Crippen LogP contribution in [0.4, 0.5) is 5.69 Å². The second-order valence-electron chi connectivity index (χ2n) is 7.94. The maximum absolute atomic E-state index is 11.5. The van der Waals surface area contributed by atoms with E-state index in [1.165, 1.54) is 0 Å². The lowest BCUT2D eigenvalue weighted by Crippen LogP contribution is -2.28. The van der Waals surface area contributed by atoms with Crippen molar-refractivity contribution < 1.29 is 4.79 Å². The van der Waals surface area contributed by atoms with Crippen LogP contribution in [-0.4, -0.2) is 15.5 Å². The number of halogens is 1. The molecule has 148 valence electrons. The standard InChI is InChI=1S/C23H23ClN4O/c1-13-8-21-17(9-20(13)26-3)19(18-11-27-10-14(2)22(18)24)12-28(21)16-6-4-15(5-7-16)23(25)29/h8-12,15-16H,4-7H2,1-2H3,(H2,25,29). The molecule has 29 heavy (non-hydrogen) atoms. The van der Waals surface area contributed by atoms with Gasteiger partial charge in [-0.25, -0.2) is 4.85 Å². The van der Waals surface area contributed by atoms with Crippen LogP contribution in [-0.2, 0) is 4.79 Å². The summed E-state index contributed by atoms with van der Waals surface area (Å²) in [5, 5.41) is 1.69. The van der Waals surface area contributed by atoms with Gasteiger partial charge in [-0.2, -0.15) is 0 Å². The lowest BCUT2D eigenvalue weighted by Gasteiger charge is -2.28. The van der Waals surface area contributed by atoms with Crippen LogP contribution in [0.3, 0.4) is 0 Å². The van der Waals surface area contributed by atoms with Crippen molar-refractivity contribution in [3.8, 4) is 11.1 Å². The minimum absolute atomic E-state index is 0.0292. The fourth-order valence-electron chi connectivity index (χ4n) is 4.40. The first-order valence-electron chi connectivity index (χ1n) is 9.83. The fourth-order valence-corrected chi connectivity index (χ4v) is 4.60. The molecule has 2 N–H and O–H groups in total. The Morgan fingerprint density at radius 2 is 1.90 bits per heavy atom. The van der Waals surface area contributed by atoms with E-state index in [-0.39, 0.29) is 17.9 Å². The highest BCUT2D eigenvalue weighted by atomic mass is 35.5. The van der Waals surface area contributed by atoms with E-state index in [1.807, 2.05) is 19.9 Å². The predicted molar refractivity (Wildman–Crippen MR) is 116 cm³/mol. The molecule has 2 aromatic heterocycles. The second-order valence-corrected chi connectivity index (χ2v) is 8.32. The van der Waals surface area contributed by atoms with Crippen molar-refractivity contribution in [2.75, 3.05) is 0 Å². The summed E-state index contributed by atoms with van der Waals surface area (Å²) >= 11 is 6.62. The Morgan fingerprint density at radius 3 is 2.55 bits per heavy atom. The zero-order chi connectivity index (χ0) is 20.7. The molecule has 6 heteroatoms. The average Bonchev–Trinajstić information content (AvgIpc) is 3.07. The molecule has 0 aliphatic heterocycles. The minimum atomic E-state index is -0.198. The van der Waals surface area contributed by atoms with Crippen LogP contribution in [0.15, 0.2) is 30.7 Å². The third kappa shape index (κ3) is 3.38. The quantitative estimate of drug-likeness (QED) is 0.563. The molecule has 1 saturated carbocycles. The van der Waals surface area contributed by atoms with E-state index < -0.39 is 0 Å². The lowest BCUT2D eigenvalue weighted by molar-refractivity contribution is -0.122. The number of primary amides is 1. The number of carbonyl (C=O) groups is 1. The molecule has 0 radical (unpaired) electrons. The van der Waals surface area contributed by atoms with Gasteiger partial charge in [0.25, 0.3) is 0 Å². The zero-order valence-electron chi connectivity index (χ0n) is 16.6. The molecule has 0 bridgehead atoms. The molecular weight excluding hydrogens is 384 g/mol. The molecule has 5 nitrogen and oxygen atoms in total. The van der Waals surface area contributed by atoms with Crippen LogP contribution in [0.5, 0.6) is 0 Å². The van der Waals surface area contributed by atoms with E-state index >= 15 is 0 Å². The zero-order valence-corrected chi connectivity index (χ0v) is 17.3. The smallest absolute Gasteiger partial charge is 0.220 e. The Morgan fingerprint density at radius 1 is 1.17 bits per heavy atom. The van der Waals surface area contributed by atoms with Gasteiger partial charge in [0.15, 0.2) is 5.69 Å². The van der Waals surface area contributed by atoms with Crippen molar-refractivity contribution in [2.24, 2.45) is 11.7 Å². The van der Waals surface area contributed by atoms with Crippen LogP contribution in [0.2, 0.25) is 5.02 Å². The van der Waals surface area contributed by atoms with Crippen molar-refractivity contribution in [1.82, 2.24) is 9.55 Å². The molecule has 1 aliphatic carbocycles. The Kier molecular flexibility index (Phi) is 5.06. The molecular formula is C23H23ClN4O.